The smallest absolute Gasteiger partial charge is 0.339 e. The third-order valence-electron chi connectivity index (χ3n) is 11.6. The lowest BCUT2D eigenvalue weighted by atomic mass is 9.99. The van der Waals surface area contributed by atoms with E-state index >= 15 is 0 Å². The first-order valence-electron chi connectivity index (χ1n) is 22.3. The van der Waals surface area contributed by atoms with Crippen molar-refractivity contribution in [1.29, 1.82) is 0 Å². The fourth-order valence-electron chi connectivity index (χ4n) is 7.99. The molecule has 0 amide bonds. The van der Waals surface area contributed by atoms with Crippen LogP contribution in [0.4, 0.5) is 0 Å². The summed E-state index contributed by atoms with van der Waals surface area (Å²) >= 11 is 0. The summed E-state index contributed by atoms with van der Waals surface area (Å²) in [5.41, 5.74) is 3.60. The minimum Gasteiger partial charge on any atom is -0.495 e. The average Bonchev–Trinajstić information content (AvgIpc) is 4.08. The molecule has 4 aromatic carbocycles. The Morgan fingerprint density at radius 2 is 1.07 bits per heavy atom. The van der Waals surface area contributed by atoms with Crippen LogP contribution in [0.1, 0.15) is 77.1 Å². The van der Waals surface area contributed by atoms with Crippen LogP contribution in [0.3, 0.4) is 0 Å². The Labute approximate surface area is 399 Å². The molecule has 0 radical (unpaired) electrons. The molecule has 14 nitrogen and oxygen atoms in total. The standard InChI is InChI=1S/C26H31NO6S.C26H29NO6S/c2*1-4-27(5-2)15-8-10-19-9-6-7-11-23(19)34(30,31)18-21-12-13-22(20-14-16-33-17-20)25(32-3)24(21)26(28)29/h6-7,9,11-14,16-17H,4-5,8,10,15,18H2,1-3H3,(H,28,29);6-14,16-17H,4-5,15,18H2,1-3H3,(H,28,29). The second kappa shape index (κ2) is 24.5. The number of furan rings is 2. The number of aromatic carboxylic acids is 2. The van der Waals surface area contributed by atoms with Crippen molar-refractivity contribution in [3.05, 3.63) is 149 Å². The number of carboxylic acid groups (broad SMARTS) is 2. The number of rotatable bonds is 23. The topological polar surface area (TPSA) is 194 Å². The Morgan fingerprint density at radius 3 is 1.53 bits per heavy atom. The number of carboxylic acids is 2. The van der Waals surface area contributed by atoms with Gasteiger partial charge in [0.1, 0.15) is 22.6 Å². The summed E-state index contributed by atoms with van der Waals surface area (Å²) in [5, 5.41) is 19.9. The van der Waals surface area contributed by atoms with Gasteiger partial charge in [-0.15, -0.1) is 0 Å². The molecule has 6 rings (SSSR count). The molecule has 0 bridgehead atoms. The van der Waals surface area contributed by atoms with Gasteiger partial charge in [0.25, 0.3) is 0 Å². The molecule has 2 N–H and O–H groups in total. The van der Waals surface area contributed by atoms with Gasteiger partial charge in [-0.25, -0.2) is 26.4 Å². The molecule has 2 aromatic heterocycles. The van der Waals surface area contributed by atoms with Gasteiger partial charge in [-0.05, 0) is 92.1 Å². The van der Waals surface area contributed by atoms with E-state index < -0.39 is 43.1 Å². The van der Waals surface area contributed by atoms with Crippen LogP contribution in [0, 0.1) is 0 Å². The molecule has 2 heterocycles. The van der Waals surface area contributed by atoms with Gasteiger partial charge in [-0.1, -0.05) is 101 Å². The van der Waals surface area contributed by atoms with Crippen LogP contribution >= 0.6 is 0 Å². The summed E-state index contributed by atoms with van der Waals surface area (Å²) in [4.78, 5) is 29.2. The number of benzene rings is 4. The predicted molar refractivity (Wildman–Crippen MR) is 263 cm³/mol. The molecular formula is C52H60N2O12S2. The van der Waals surface area contributed by atoms with Gasteiger partial charge >= 0.3 is 11.9 Å². The van der Waals surface area contributed by atoms with Crippen LogP contribution in [0.25, 0.3) is 28.3 Å². The van der Waals surface area contributed by atoms with Crippen molar-refractivity contribution in [2.75, 3.05) is 53.5 Å². The van der Waals surface area contributed by atoms with Crippen LogP contribution in [-0.4, -0.2) is 102 Å². The summed E-state index contributed by atoms with van der Waals surface area (Å²) in [5.74, 6) is -3.23. The number of hydrogen-bond donors (Lipinski definition) is 2. The first-order chi connectivity index (χ1) is 32.6. The highest BCUT2D eigenvalue weighted by molar-refractivity contribution is 7.91. The Bertz CT molecular complexity index is 2860. The summed E-state index contributed by atoms with van der Waals surface area (Å²) in [7, 11) is -4.93. The molecule has 0 aliphatic rings. The van der Waals surface area contributed by atoms with Crippen molar-refractivity contribution in [2.45, 2.75) is 61.8 Å². The largest absolute Gasteiger partial charge is 0.495 e. The third kappa shape index (κ3) is 12.9. The molecule has 0 spiro atoms. The summed E-state index contributed by atoms with van der Waals surface area (Å²) in [6, 6.07) is 23.4. The molecular weight excluding hydrogens is 909 g/mol. The van der Waals surface area contributed by atoms with Gasteiger partial charge in [0.05, 0.1) is 60.6 Å². The van der Waals surface area contributed by atoms with Crippen LogP contribution in [0.2, 0.25) is 0 Å². The van der Waals surface area contributed by atoms with Crippen molar-refractivity contribution in [2.24, 2.45) is 0 Å². The molecule has 0 atom stereocenters. The van der Waals surface area contributed by atoms with E-state index in [4.69, 9.17) is 18.3 Å². The van der Waals surface area contributed by atoms with E-state index in [9.17, 15) is 36.6 Å². The first kappa shape index (κ1) is 52.5. The monoisotopic (exact) mass is 968 g/mol. The summed E-state index contributed by atoms with van der Waals surface area (Å²) < 4.78 is 74.8. The number of nitrogens with zero attached hydrogens (tertiary/aromatic N) is 2. The number of carbonyl (C=O) groups is 2. The van der Waals surface area contributed by atoms with Gasteiger partial charge in [-0.3, -0.25) is 0 Å². The van der Waals surface area contributed by atoms with E-state index in [-0.39, 0.29) is 43.5 Å². The molecule has 0 saturated heterocycles. The van der Waals surface area contributed by atoms with E-state index in [1.807, 2.05) is 18.2 Å². The maximum absolute atomic E-state index is 13.5. The number of ether oxygens (including phenoxy) is 2. The molecule has 0 saturated carbocycles. The molecule has 16 heteroatoms. The van der Waals surface area contributed by atoms with E-state index in [1.54, 1.807) is 66.7 Å². The minimum absolute atomic E-state index is 0.0917. The molecule has 68 heavy (non-hydrogen) atoms. The predicted octanol–water partition coefficient (Wildman–Crippen LogP) is 9.88. The lowest BCUT2D eigenvalue weighted by molar-refractivity contribution is 0.0681. The number of hydrogen-bond acceptors (Lipinski definition) is 12. The van der Waals surface area contributed by atoms with Crippen molar-refractivity contribution in [3.63, 3.8) is 0 Å². The molecule has 6 aromatic rings. The van der Waals surface area contributed by atoms with Crippen molar-refractivity contribution >= 4 is 37.7 Å². The van der Waals surface area contributed by atoms with Gasteiger partial charge in [-0.2, -0.15) is 0 Å². The minimum atomic E-state index is -3.86. The van der Waals surface area contributed by atoms with Crippen LogP contribution in [-0.2, 0) is 37.6 Å². The fraction of sp³-hybridized carbons (Fsp3) is 0.308. The van der Waals surface area contributed by atoms with E-state index in [1.165, 1.54) is 51.4 Å². The van der Waals surface area contributed by atoms with Gasteiger partial charge in [0.15, 0.2) is 19.7 Å². The Morgan fingerprint density at radius 1 is 0.603 bits per heavy atom. The SMILES string of the molecule is CCN(CC)CC=Cc1ccccc1S(=O)(=O)Cc1ccc(-c2ccoc2)c(OC)c1C(=O)O.CCN(CC)CCCc1ccccc1S(=O)(=O)Cc1ccc(-c2ccoc2)c(OC)c1C(=O)O. The zero-order valence-electron chi connectivity index (χ0n) is 39.3. The summed E-state index contributed by atoms with van der Waals surface area (Å²) in [6.07, 6.45) is 11.1. The Kier molecular flexibility index (Phi) is 18.9. The van der Waals surface area contributed by atoms with Crippen LogP contribution < -0.4 is 9.47 Å². The third-order valence-corrected chi connectivity index (χ3v) is 15.1. The molecule has 0 aliphatic heterocycles. The lowest BCUT2D eigenvalue weighted by Gasteiger charge is -2.18. The second-order valence-corrected chi connectivity index (χ2v) is 19.6. The number of methoxy groups -OCH3 is 2. The molecule has 0 aliphatic carbocycles. The van der Waals surface area contributed by atoms with E-state index in [2.05, 4.69) is 37.5 Å². The highest BCUT2D eigenvalue weighted by atomic mass is 32.2. The van der Waals surface area contributed by atoms with E-state index in [0.717, 1.165) is 44.7 Å². The fourth-order valence-corrected chi connectivity index (χ4v) is 11.2. The highest BCUT2D eigenvalue weighted by Gasteiger charge is 2.28. The zero-order valence-corrected chi connectivity index (χ0v) is 40.9. The van der Waals surface area contributed by atoms with Crippen LogP contribution in [0.15, 0.2) is 135 Å². The van der Waals surface area contributed by atoms with Gasteiger partial charge < -0.3 is 38.3 Å². The van der Waals surface area contributed by atoms with Crippen molar-refractivity contribution in [1.82, 2.24) is 9.80 Å². The molecule has 362 valence electrons. The van der Waals surface area contributed by atoms with Gasteiger partial charge in [0, 0.05) is 28.8 Å². The maximum Gasteiger partial charge on any atom is 0.339 e. The summed E-state index contributed by atoms with van der Waals surface area (Å²) in [6.45, 7) is 13.6. The lowest BCUT2D eigenvalue weighted by Crippen LogP contribution is -2.24. The quantitative estimate of drug-likeness (QED) is 0.0616. The van der Waals surface area contributed by atoms with Gasteiger partial charge in [0.2, 0.25) is 0 Å². The van der Waals surface area contributed by atoms with E-state index in [0.29, 0.717) is 40.8 Å². The highest BCUT2D eigenvalue weighted by Crippen LogP contribution is 2.39. The number of sulfone groups is 2. The zero-order chi connectivity index (χ0) is 49.4. The van der Waals surface area contributed by atoms with Crippen LogP contribution in [0.5, 0.6) is 11.5 Å². The van der Waals surface area contributed by atoms with Crippen molar-refractivity contribution in [3.8, 4) is 33.8 Å². The molecule has 0 unspecified atom stereocenters. The van der Waals surface area contributed by atoms with Crippen molar-refractivity contribution < 1.29 is 54.9 Å². The average molecular weight is 969 g/mol. The number of aryl methyl sites for hydroxylation is 1. The number of likely N-dealkylation sites (N-methyl/N-ethyl adjacent to an activating group) is 1. The molecule has 0 fully saturated rings. The Balaban J connectivity index is 0.000000254. The normalized spacial score (nSPS) is 11.8. The Hall–Kier alpha value is -6.46. The first-order valence-corrected chi connectivity index (χ1v) is 25.6. The second-order valence-electron chi connectivity index (χ2n) is 15.7. The maximum atomic E-state index is 13.5.